The monoisotopic (exact) mass is 304 g/mol. The van der Waals surface area contributed by atoms with Crippen LogP contribution in [0.15, 0.2) is 34.9 Å². The van der Waals surface area contributed by atoms with Crippen LogP contribution in [0.5, 0.6) is 11.5 Å². The SMILES string of the molecule is COC(=O)c1occc1COc1ccc(C(C)=O)cc1OC. The fourth-order valence-corrected chi connectivity index (χ4v) is 1.88. The zero-order valence-electron chi connectivity index (χ0n) is 12.5. The first-order chi connectivity index (χ1) is 10.6. The summed E-state index contributed by atoms with van der Waals surface area (Å²) < 4.78 is 20.6. The molecule has 116 valence electrons. The molecule has 22 heavy (non-hydrogen) atoms. The van der Waals surface area contributed by atoms with Gasteiger partial charge in [-0.05, 0) is 31.2 Å². The molecular weight excluding hydrogens is 288 g/mol. The van der Waals surface area contributed by atoms with Gasteiger partial charge in [0.25, 0.3) is 0 Å². The molecule has 1 heterocycles. The minimum Gasteiger partial charge on any atom is -0.493 e. The maximum Gasteiger partial charge on any atom is 0.374 e. The van der Waals surface area contributed by atoms with E-state index in [1.807, 2.05) is 0 Å². The molecule has 0 fully saturated rings. The number of furan rings is 1. The van der Waals surface area contributed by atoms with Crippen LogP contribution in [0.3, 0.4) is 0 Å². The number of methoxy groups -OCH3 is 2. The summed E-state index contributed by atoms with van der Waals surface area (Å²) in [5.74, 6) is 0.373. The largest absolute Gasteiger partial charge is 0.493 e. The number of hydrogen-bond acceptors (Lipinski definition) is 6. The first kappa shape index (κ1) is 15.6. The van der Waals surface area contributed by atoms with Gasteiger partial charge in [0.05, 0.1) is 20.5 Å². The van der Waals surface area contributed by atoms with Crippen molar-refractivity contribution in [3.05, 3.63) is 47.4 Å². The maximum atomic E-state index is 11.5. The molecule has 0 amide bonds. The van der Waals surface area contributed by atoms with Crippen molar-refractivity contribution in [2.45, 2.75) is 13.5 Å². The number of carbonyl (C=O) groups excluding carboxylic acids is 2. The van der Waals surface area contributed by atoms with Crippen molar-refractivity contribution in [1.82, 2.24) is 0 Å². The average Bonchev–Trinajstić information content (AvgIpc) is 3.00. The van der Waals surface area contributed by atoms with Gasteiger partial charge in [-0.25, -0.2) is 4.79 Å². The Labute approximate surface area is 127 Å². The van der Waals surface area contributed by atoms with Gasteiger partial charge in [0.15, 0.2) is 17.3 Å². The molecule has 0 unspecified atom stereocenters. The molecule has 1 aromatic carbocycles. The molecule has 2 aromatic rings. The first-order valence-electron chi connectivity index (χ1n) is 6.53. The smallest absolute Gasteiger partial charge is 0.374 e. The molecule has 6 nitrogen and oxygen atoms in total. The quantitative estimate of drug-likeness (QED) is 0.603. The zero-order valence-corrected chi connectivity index (χ0v) is 12.5. The number of rotatable bonds is 6. The maximum absolute atomic E-state index is 11.5. The summed E-state index contributed by atoms with van der Waals surface area (Å²) in [4.78, 5) is 22.9. The average molecular weight is 304 g/mol. The first-order valence-corrected chi connectivity index (χ1v) is 6.53. The fourth-order valence-electron chi connectivity index (χ4n) is 1.88. The van der Waals surface area contributed by atoms with Crippen molar-refractivity contribution < 1.29 is 28.2 Å². The molecule has 0 aliphatic rings. The van der Waals surface area contributed by atoms with Crippen molar-refractivity contribution in [2.24, 2.45) is 0 Å². The molecule has 0 spiro atoms. The van der Waals surface area contributed by atoms with E-state index in [-0.39, 0.29) is 18.2 Å². The molecule has 2 rings (SSSR count). The van der Waals surface area contributed by atoms with Gasteiger partial charge in [-0.3, -0.25) is 4.79 Å². The Hall–Kier alpha value is -2.76. The van der Waals surface area contributed by atoms with Crippen LogP contribution in [0.4, 0.5) is 0 Å². The Morgan fingerprint density at radius 1 is 1.14 bits per heavy atom. The lowest BCUT2D eigenvalue weighted by molar-refractivity contribution is 0.0561. The number of carbonyl (C=O) groups is 2. The van der Waals surface area contributed by atoms with Gasteiger partial charge in [0.2, 0.25) is 5.76 Å². The summed E-state index contributed by atoms with van der Waals surface area (Å²) in [6, 6.07) is 6.53. The van der Waals surface area contributed by atoms with Crippen LogP contribution in [-0.2, 0) is 11.3 Å². The Morgan fingerprint density at radius 3 is 2.55 bits per heavy atom. The van der Waals surface area contributed by atoms with Crippen molar-refractivity contribution >= 4 is 11.8 Å². The lowest BCUT2D eigenvalue weighted by Gasteiger charge is -2.11. The normalized spacial score (nSPS) is 10.1. The van der Waals surface area contributed by atoms with E-state index in [2.05, 4.69) is 4.74 Å². The predicted octanol–water partition coefficient (Wildman–Crippen LogP) is 2.86. The predicted molar refractivity (Wildman–Crippen MR) is 77.4 cm³/mol. The van der Waals surface area contributed by atoms with E-state index in [9.17, 15) is 9.59 Å². The summed E-state index contributed by atoms with van der Waals surface area (Å²) in [5, 5.41) is 0. The summed E-state index contributed by atoms with van der Waals surface area (Å²) in [5.41, 5.74) is 1.09. The van der Waals surface area contributed by atoms with Gasteiger partial charge in [-0.15, -0.1) is 0 Å². The lowest BCUT2D eigenvalue weighted by atomic mass is 10.1. The fraction of sp³-hybridized carbons (Fsp3) is 0.250. The summed E-state index contributed by atoms with van der Waals surface area (Å²) in [6.45, 7) is 1.58. The van der Waals surface area contributed by atoms with E-state index in [1.165, 1.54) is 27.4 Å². The minimum absolute atomic E-state index is 0.0623. The second kappa shape index (κ2) is 6.80. The summed E-state index contributed by atoms with van der Waals surface area (Å²) >= 11 is 0. The molecule has 0 bridgehead atoms. The second-order valence-corrected chi connectivity index (χ2v) is 4.48. The number of benzene rings is 1. The Morgan fingerprint density at radius 2 is 1.91 bits per heavy atom. The third-order valence-electron chi connectivity index (χ3n) is 3.07. The Bertz CT molecular complexity index is 686. The van der Waals surface area contributed by atoms with Crippen molar-refractivity contribution in [2.75, 3.05) is 14.2 Å². The number of ketones is 1. The van der Waals surface area contributed by atoms with Gasteiger partial charge >= 0.3 is 5.97 Å². The number of Topliss-reactive ketones (excluding diaryl/α,β-unsaturated/α-hetero) is 1. The van der Waals surface area contributed by atoms with E-state index >= 15 is 0 Å². The number of ether oxygens (including phenoxy) is 3. The third-order valence-corrected chi connectivity index (χ3v) is 3.07. The van der Waals surface area contributed by atoms with Crippen LogP contribution in [-0.4, -0.2) is 26.0 Å². The van der Waals surface area contributed by atoms with Crippen molar-refractivity contribution in [3.63, 3.8) is 0 Å². The van der Waals surface area contributed by atoms with Crippen LogP contribution in [0.1, 0.15) is 33.4 Å². The van der Waals surface area contributed by atoms with Crippen molar-refractivity contribution in [3.8, 4) is 11.5 Å². The van der Waals surface area contributed by atoms with Crippen LogP contribution in [0.2, 0.25) is 0 Å². The molecule has 0 N–H and O–H groups in total. The van der Waals surface area contributed by atoms with Crippen molar-refractivity contribution in [1.29, 1.82) is 0 Å². The molecule has 0 radical (unpaired) electrons. The van der Waals surface area contributed by atoms with E-state index < -0.39 is 5.97 Å². The van der Waals surface area contributed by atoms with Gasteiger partial charge in [-0.2, -0.15) is 0 Å². The van der Waals surface area contributed by atoms with Crippen LogP contribution >= 0.6 is 0 Å². The molecule has 0 aliphatic heterocycles. The highest BCUT2D eigenvalue weighted by atomic mass is 16.5. The second-order valence-electron chi connectivity index (χ2n) is 4.48. The Kier molecular flexibility index (Phi) is 4.83. The third kappa shape index (κ3) is 3.28. The topological polar surface area (TPSA) is 75.0 Å². The van der Waals surface area contributed by atoms with E-state index in [0.29, 0.717) is 22.6 Å². The van der Waals surface area contributed by atoms with Crippen LogP contribution in [0, 0.1) is 0 Å². The summed E-state index contributed by atoms with van der Waals surface area (Å²) in [7, 11) is 2.77. The van der Waals surface area contributed by atoms with Gasteiger partial charge in [0.1, 0.15) is 6.61 Å². The highest BCUT2D eigenvalue weighted by Gasteiger charge is 2.17. The van der Waals surface area contributed by atoms with E-state index in [1.54, 1.807) is 24.3 Å². The van der Waals surface area contributed by atoms with E-state index in [4.69, 9.17) is 13.9 Å². The Balaban J connectivity index is 2.17. The molecule has 6 heteroatoms. The molecule has 0 saturated heterocycles. The highest BCUT2D eigenvalue weighted by Crippen LogP contribution is 2.29. The van der Waals surface area contributed by atoms with Gasteiger partial charge in [-0.1, -0.05) is 0 Å². The lowest BCUT2D eigenvalue weighted by Crippen LogP contribution is -2.06. The number of esters is 1. The molecule has 0 saturated carbocycles. The standard InChI is InChI=1S/C16H16O6/c1-10(17)11-4-5-13(14(8-11)19-2)22-9-12-6-7-21-15(12)16(18)20-3/h4-8H,9H2,1-3H3. The highest BCUT2D eigenvalue weighted by molar-refractivity contribution is 5.94. The van der Waals surface area contributed by atoms with Crippen LogP contribution < -0.4 is 9.47 Å². The number of hydrogen-bond donors (Lipinski definition) is 0. The summed E-state index contributed by atoms with van der Waals surface area (Å²) in [6.07, 6.45) is 1.39. The van der Waals surface area contributed by atoms with Crippen LogP contribution in [0.25, 0.3) is 0 Å². The van der Waals surface area contributed by atoms with E-state index in [0.717, 1.165) is 0 Å². The van der Waals surface area contributed by atoms with Gasteiger partial charge < -0.3 is 18.6 Å². The minimum atomic E-state index is -0.567. The molecule has 1 aromatic heterocycles. The molecule has 0 atom stereocenters. The molecule has 0 aliphatic carbocycles. The van der Waals surface area contributed by atoms with Gasteiger partial charge in [0, 0.05) is 11.1 Å². The zero-order chi connectivity index (χ0) is 16.1. The molecular formula is C16H16O6.